The number of aryl methyl sites for hydroxylation is 2. The summed E-state index contributed by atoms with van der Waals surface area (Å²) in [6, 6.07) is 10.1. The zero-order valence-electron chi connectivity index (χ0n) is 17.4. The van der Waals surface area contributed by atoms with Gasteiger partial charge >= 0.3 is 0 Å². The molecular weight excluding hydrogens is 384 g/mol. The van der Waals surface area contributed by atoms with Gasteiger partial charge in [-0.25, -0.2) is 0 Å². The Labute approximate surface area is 175 Å². The lowest BCUT2D eigenvalue weighted by Crippen LogP contribution is -2.31. The highest BCUT2D eigenvalue weighted by atomic mass is 16.5. The number of carbonyl (C=O) groups excluding carboxylic acids is 2. The van der Waals surface area contributed by atoms with Crippen molar-refractivity contribution < 1.29 is 14.3 Å². The van der Waals surface area contributed by atoms with Crippen LogP contribution in [0.1, 0.15) is 40.5 Å². The van der Waals surface area contributed by atoms with Crippen molar-refractivity contribution in [3.8, 4) is 6.07 Å². The molecule has 2 N–H and O–H groups in total. The van der Waals surface area contributed by atoms with E-state index in [2.05, 4.69) is 10.6 Å². The Balaban J connectivity index is 1.96. The van der Waals surface area contributed by atoms with Crippen molar-refractivity contribution in [2.24, 2.45) is 0 Å². The van der Waals surface area contributed by atoms with E-state index in [1.807, 2.05) is 13.0 Å². The topological polar surface area (TPSA) is 113 Å². The second kappa shape index (κ2) is 10.9. The molecule has 2 rings (SSSR count). The van der Waals surface area contributed by atoms with Gasteiger partial charge in [0.25, 0.3) is 11.5 Å². The Morgan fingerprint density at radius 3 is 2.53 bits per heavy atom. The highest BCUT2D eigenvalue weighted by Crippen LogP contribution is 2.11. The van der Waals surface area contributed by atoms with Crippen LogP contribution in [-0.4, -0.2) is 36.1 Å². The van der Waals surface area contributed by atoms with Crippen LogP contribution < -0.4 is 16.2 Å². The summed E-state index contributed by atoms with van der Waals surface area (Å²) in [5.41, 5.74) is 1.72. The normalized spacial score (nSPS) is 10.3. The van der Waals surface area contributed by atoms with Crippen LogP contribution in [0.5, 0.6) is 0 Å². The van der Waals surface area contributed by atoms with Gasteiger partial charge in [0, 0.05) is 36.7 Å². The van der Waals surface area contributed by atoms with Gasteiger partial charge in [0.1, 0.15) is 18.2 Å². The first-order valence-corrected chi connectivity index (χ1v) is 9.74. The summed E-state index contributed by atoms with van der Waals surface area (Å²) in [5, 5.41) is 14.7. The van der Waals surface area contributed by atoms with E-state index in [0.29, 0.717) is 42.3 Å². The smallest absolute Gasteiger partial charge is 0.269 e. The van der Waals surface area contributed by atoms with Gasteiger partial charge in [-0.05, 0) is 63.1 Å². The predicted molar refractivity (Wildman–Crippen MR) is 113 cm³/mol. The first kappa shape index (κ1) is 22.8. The van der Waals surface area contributed by atoms with Crippen molar-refractivity contribution in [1.29, 1.82) is 5.26 Å². The fraction of sp³-hybridized carbons (Fsp3) is 0.364. The third-order valence-corrected chi connectivity index (χ3v) is 4.50. The van der Waals surface area contributed by atoms with E-state index in [-0.39, 0.29) is 18.0 Å². The number of benzene rings is 1. The molecule has 0 aliphatic rings. The molecule has 0 atom stereocenters. The molecule has 1 heterocycles. The fourth-order valence-corrected chi connectivity index (χ4v) is 2.93. The molecule has 8 heteroatoms. The summed E-state index contributed by atoms with van der Waals surface area (Å²) in [6.07, 6.45) is 0.735. The van der Waals surface area contributed by atoms with Crippen molar-refractivity contribution >= 4 is 17.5 Å². The number of pyridine rings is 1. The molecule has 0 aliphatic carbocycles. The van der Waals surface area contributed by atoms with Gasteiger partial charge in [0.15, 0.2) is 0 Å². The number of hydrogen-bond acceptors (Lipinski definition) is 5. The van der Waals surface area contributed by atoms with Crippen LogP contribution in [-0.2, 0) is 16.1 Å². The van der Waals surface area contributed by atoms with Crippen molar-refractivity contribution in [2.75, 3.05) is 25.1 Å². The SMILES string of the molecule is CCOCCCNC(=O)c1ccc(NC(=O)Cn2c(C)cc(C)c(C#N)c2=O)cc1. The molecule has 0 saturated carbocycles. The largest absolute Gasteiger partial charge is 0.382 e. The minimum atomic E-state index is -0.485. The second-order valence-electron chi connectivity index (χ2n) is 6.78. The van der Waals surface area contributed by atoms with E-state index >= 15 is 0 Å². The van der Waals surface area contributed by atoms with Crippen LogP contribution in [0.4, 0.5) is 5.69 Å². The van der Waals surface area contributed by atoms with E-state index < -0.39 is 11.5 Å². The molecule has 8 nitrogen and oxygen atoms in total. The van der Waals surface area contributed by atoms with Gasteiger partial charge in [-0.1, -0.05) is 0 Å². The molecule has 0 aliphatic heterocycles. The molecule has 158 valence electrons. The predicted octanol–water partition coefficient (Wildman–Crippen LogP) is 2.13. The van der Waals surface area contributed by atoms with Gasteiger partial charge in [-0.15, -0.1) is 0 Å². The van der Waals surface area contributed by atoms with Crippen LogP contribution in [0.15, 0.2) is 35.1 Å². The lowest BCUT2D eigenvalue weighted by atomic mass is 10.1. The highest BCUT2D eigenvalue weighted by Gasteiger charge is 2.13. The van der Waals surface area contributed by atoms with Crippen LogP contribution in [0, 0.1) is 25.2 Å². The number of aromatic nitrogens is 1. The quantitative estimate of drug-likeness (QED) is 0.615. The first-order chi connectivity index (χ1) is 14.4. The molecule has 0 bridgehead atoms. The third-order valence-electron chi connectivity index (χ3n) is 4.50. The number of rotatable bonds is 9. The Morgan fingerprint density at radius 2 is 1.90 bits per heavy atom. The van der Waals surface area contributed by atoms with Crippen molar-refractivity contribution in [2.45, 2.75) is 33.7 Å². The Bertz CT molecular complexity index is 1000. The van der Waals surface area contributed by atoms with Crippen LogP contribution in [0.2, 0.25) is 0 Å². The van der Waals surface area contributed by atoms with Gasteiger partial charge in [0.05, 0.1) is 0 Å². The summed E-state index contributed by atoms with van der Waals surface area (Å²) >= 11 is 0. The van der Waals surface area contributed by atoms with Crippen molar-refractivity contribution in [1.82, 2.24) is 9.88 Å². The summed E-state index contributed by atoms with van der Waals surface area (Å²) in [6.45, 7) is 6.88. The van der Waals surface area contributed by atoms with Crippen LogP contribution in [0.3, 0.4) is 0 Å². The van der Waals surface area contributed by atoms with Crippen molar-refractivity contribution in [3.63, 3.8) is 0 Å². The van der Waals surface area contributed by atoms with E-state index in [4.69, 9.17) is 10.00 Å². The summed E-state index contributed by atoms with van der Waals surface area (Å²) < 4.78 is 6.49. The maximum atomic E-state index is 12.4. The Kier molecular flexibility index (Phi) is 8.32. The number of carbonyl (C=O) groups is 2. The van der Waals surface area contributed by atoms with Gasteiger partial charge in [0.2, 0.25) is 5.91 Å². The van der Waals surface area contributed by atoms with E-state index in [0.717, 1.165) is 6.42 Å². The molecule has 1 aromatic carbocycles. The number of nitrogens with zero attached hydrogens (tertiary/aromatic N) is 2. The molecule has 30 heavy (non-hydrogen) atoms. The molecular formula is C22H26N4O4. The Morgan fingerprint density at radius 1 is 1.20 bits per heavy atom. The number of amides is 2. The van der Waals surface area contributed by atoms with Crippen molar-refractivity contribution in [3.05, 3.63) is 63.1 Å². The third kappa shape index (κ3) is 6.03. The Hall–Kier alpha value is -3.44. The van der Waals surface area contributed by atoms with Gasteiger partial charge in [-0.3, -0.25) is 14.4 Å². The summed E-state index contributed by atoms with van der Waals surface area (Å²) in [5.74, 6) is -0.601. The molecule has 2 aromatic rings. The molecule has 0 spiro atoms. The van der Waals surface area contributed by atoms with Crippen LogP contribution in [0.25, 0.3) is 0 Å². The lowest BCUT2D eigenvalue weighted by molar-refractivity contribution is -0.116. The molecule has 0 fully saturated rings. The summed E-state index contributed by atoms with van der Waals surface area (Å²) in [4.78, 5) is 36.9. The molecule has 2 amide bonds. The average Bonchev–Trinajstić information content (AvgIpc) is 2.71. The monoisotopic (exact) mass is 410 g/mol. The maximum absolute atomic E-state index is 12.4. The summed E-state index contributed by atoms with van der Waals surface area (Å²) in [7, 11) is 0. The van der Waals surface area contributed by atoms with E-state index in [1.54, 1.807) is 44.2 Å². The first-order valence-electron chi connectivity index (χ1n) is 9.74. The second-order valence-corrected chi connectivity index (χ2v) is 6.78. The van der Waals surface area contributed by atoms with Crippen LogP contribution >= 0.6 is 0 Å². The molecule has 0 unspecified atom stereocenters. The maximum Gasteiger partial charge on any atom is 0.269 e. The number of nitrogens with one attached hydrogen (secondary N) is 2. The fourth-order valence-electron chi connectivity index (χ4n) is 2.93. The molecule has 0 saturated heterocycles. The van der Waals surface area contributed by atoms with E-state index in [1.165, 1.54) is 4.57 Å². The number of anilines is 1. The van der Waals surface area contributed by atoms with E-state index in [9.17, 15) is 14.4 Å². The number of ether oxygens (including phenoxy) is 1. The number of hydrogen-bond donors (Lipinski definition) is 2. The van der Waals surface area contributed by atoms with Gasteiger partial charge in [-0.2, -0.15) is 5.26 Å². The highest BCUT2D eigenvalue weighted by molar-refractivity contribution is 5.95. The lowest BCUT2D eigenvalue weighted by Gasteiger charge is -2.12. The zero-order chi connectivity index (χ0) is 22.1. The number of nitriles is 1. The van der Waals surface area contributed by atoms with Gasteiger partial charge < -0.3 is 19.9 Å². The minimum absolute atomic E-state index is 0.0324. The standard InChI is InChI=1S/C22H26N4O4/c1-4-30-11-5-10-24-21(28)17-6-8-18(9-7-17)25-20(27)14-26-16(3)12-15(2)19(13-23)22(26)29/h6-9,12H,4-5,10-11,14H2,1-3H3,(H,24,28)(H,25,27). The minimum Gasteiger partial charge on any atom is -0.382 e. The molecule has 0 radical (unpaired) electrons. The zero-order valence-corrected chi connectivity index (χ0v) is 17.4. The molecule has 1 aromatic heterocycles. The average molecular weight is 410 g/mol.